The van der Waals surface area contributed by atoms with Gasteiger partial charge >= 0.3 is 0 Å². The highest BCUT2D eigenvalue weighted by Gasteiger charge is 2.26. The van der Waals surface area contributed by atoms with Crippen molar-refractivity contribution in [2.75, 3.05) is 0 Å². The Morgan fingerprint density at radius 3 is 2.47 bits per heavy atom. The predicted octanol–water partition coefficient (Wildman–Crippen LogP) is 1.37. The maximum atomic E-state index is 12.1. The van der Waals surface area contributed by atoms with Crippen molar-refractivity contribution in [2.24, 2.45) is 0 Å². The minimum absolute atomic E-state index is 0.112. The second kappa shape index (κ2) is 5.28. The van der Waals surface area contributed by atoms with Crippen LogP contribution in [0, 0.1) is 0 Å². The van der Waals surface area contributed by atoms with Gasteiger partial charge in [-0.2, -0.15) is 0 Å². The van der Waals surface area contributed by atoms with Crippen LogP contribution in [0.25, 0.3) is 0 Å². The van der Waals surface area contributed by atoms with E-state index >= 15 is 0 Å². The van der Waals surface area contributed by atoms with Crippen LogP contribution in [0.2, 0.25) is 0 Å². The normalized spacial score (nSPS) is 14.3. The molecular weight excluding hydrogens is 244 g/mol. The average molecular weight is 268 g/mol. The highest BCUT2D eigenvalue weighted by molar-refractivity contribution is 5.80. The van der Waals surface area contributed by atoms with E-state index in [1.54, 1.807) is 27.0 Å². The van der Waals surface area contributed by atoms with E-state index in [4.69, 9.17) is 0 Å². The molecular formula is C13H24N4O2. The molecule has 1 heterocycles. The number of rotatable bonds is 5. The van der Waals surface area contributed by atoms with E-state index in [0.29, 0.717) is 5.69 Å². The van der Waals surface area contributed by atoms with Crippen LogP contribution in [0.1, 0.15) is 59.7 Å². The number of nitrogens with zero attached hydrogens (tertiary/aromatic N) is 3. The first-order chi connectivity index (χ1) is 8.57. The van der Waals surface area contributed by atoms with Crippen LogP contribution in [-0.4, -0.2) is 31.5 Å². The number of aliphatic hydroxyl groups is 1. The molecule has 0 spiro atoms. The summed E-state index contributed by atoms with van der Waals surface area (Å²) in [7, 11) is 0. The molecule has 0 aliphatic carbocycles. The molecule has 1 atom stereocenters. The molecule has 1 rings (SSSR count). The van der Waals surface area contributed by atoms with Gasteiger partial charge in [-0.15, -0.1) is 5.10 Å². The minimum Gasteiger partial charge on any atom is -0.384 e. The van der Waals surface area contributed by atoms with Crippen LogP contribution in [0.3, 0.4) is 0 Å². The standard InChI is InChI=1S/C13H24N4O2/c1-7-12(3,4)14-11(18)9(2)17-8-10(15-16-17)13(5,6)19/h8-9,19H,7H2,1-6H3,(H,14,18). The summed E-state index contributed by atoms with van der Waals surface area (Å²) < 4.78 is 1.47. The summed E-state index contributed by atoms with van der Waals surface area (Å²) in [6.45, 7) is 11.0. The van der Waals surface area contributed by atoms with Gasteiger partial charge in [-0.3, -0.25) is 4.79 Å². The SMILES string of the molecule is CCC(C)(C)NC(=O)C(C)n1cc(C(C)(C)O)nn1. The van der Waals surface area contributed by atoms with Gasteiger partial charge < -0.3 is 10.4 Å². The highest BCUT2D eigenvalue weighted by atomic mass is 16.3. The number of hydrogen-bond donors (Lipinski definition) is 2. The van der Waals surface area contributed by atoms with Gasteiger partial charge in [0.25, 0.3) is 0 Å². The second-order valence-electron chi connectivity index (χ2n) is 6.05. The van der Waals surface area contributed by atoms with Gasteiger partial charge in [0.1, 0.15) is 17.3 Å². The molecule has 1 aromatic heterocycles. The summed E-state index contributed by atoms with van der Waals surface area (Å²) in [5, 5.41) is 20.6. The van der Waals surface area contributed by atoms with Gasteiger partial charge in [-0.25, -0.2) is 4.68 Å². The van der Waals surface area contributed by atoms with Crippen molar-refractivity contribution >= 4 is 5.91 Å². The van der Waals surface area contributed by atoms with Gasteiger partial charge in [0, 0.05) is 5.54 Å². The maximum absolute atomic E-state index is 12.1. The molecule has 108 valence electrons. The van der Waals surface area contributed by atoms with Crippen LogP contribution in [0.5, 0.6) is 0 Å². The third kappa shape index (κ3) is 4.02. The van der Waals surface area contributed by atoms with E-state index in [1.807, 2.05) is 20.8 Å². The Bertz CT molecular complexity index is 446. The van der Waals surface area contributed by atoms with E-state index in [9.17, 15) is 9.90 Å². The van der Waals surface area contributed by atoms with Crippen LogP contribution >= 0.6 is 0 Å². The fourth-order valence-corrected chi connectivity index (χ4v) is 1.39. The fraction of sp³-hybridized carbons (Fsp3) is 0.769. The molecule has 6 heteroatoms. The lowest BCUT2D eigenvalue weighted by atomic mass is 10.0. The minimum atomic E-state index is -1.06. The molecule has 6 nitrogen and oxygen atoms in total. The lowest BCUT2D eigenvalue weighted by Crippen LogP contribution is -2.45. The zero-order valence-electron chi connectivity index (χ0n) is 12.6. The van der Waals surface area contributed by atoms with E-state index in [0.717, 1.165) is 6.42 Å². The first-order valence-electron chi connectivity index (χ1n) is 6.53. The number of nitrogens with one attached hydrogen (secondary N) is 1. The Kier molecular flexibility index (Phi) is 4.35. The molecule has 19 heavy (non-hydrogen) atoms. The Hall–Kier alpha value is -1.43. The van der Waals surface area contributed by atoms with E-state index in [1.165, 1.54) is 4.68 Å². The third-order valence-electron chi connectivity index (χ3n) is 3.26. The molecule has 0 radical (unpaired) electrons. The van der Waals surface area contributed by atoms with Crippen molar-refractivity contribution in [3.8, 4) is 0 Å². The Labute approximate surface area is 114 Å². The summed E-state index contributed by atoms with van der Waals surface area (Å²) in [6.07, 6.45) is 2.45. The maximum Gasteiger partial charge on any atom is 0.245 e. The largest absolute Gasteiger partial charge is 0.384 e. The van der Waals surface area contributed by atoms with Crippen molar-refractivity contribution < 1.29 is 9.90 Å². The topological polar surface area (TPSA) is 80.0 Å². The summed E-state index contributed by atoms with van der Waals surface area (Å²) in [5.74, 6) is -0.112. The first kappa shape index (κ1) is 15.6. The monoisotopic (exact) mass is 268 g/mol. The number of amides is 1. The van der Waals surface area contributed by atoms with Gasteiger partial charge in [-0.1, -0.05) is 12.1 Å². The Morgan fingerprint density at radius 2 is 2.05 bits per heavy atom. The molecule has 0 aliphatic heterocycles. The summed E-state index contributed by atoms with van der Waals surface area (Å²) >= 11 is 0. The number of carbonyl (C=O) groups is 1. The molecule has 1 unspecified atom stereocenters. The van der Waals surface area contributed by atoms with Crippen LogP contribution in [-0.2, 0) is 10.4 Å². The van der Waals surface area contributed by atoms with Crippen LogP contribution in [0.15, 0.2) is 6.20 Å². The smallest absolute Gasteiger partial charge is 0.245 e. The molecule has 2 N–H and O–H groups in total. The first-order valence-corrected chi connectivity index (χ1v) is 6.53. The molecule has 0 aliphatic rings. The molecule has 0 saturated heterocycles. The Morgan fingerprint density at radius 1 is 1.47 bits per heavy atom. The molecule has 1 amide bonds. The number of aromatic nitrogens is 3. The average Bonchev–Trinajstić information content (AvgIpc) is 2.76. The van der Waals surface area contributed by atoms with Gasteiger partial charge in [0.2, 0.25) is 5.91 Å². The van der Waals surface area contributed by atoms with Crippen molar-refractivity contribution in [1.82, 2.24) is 20.3 Å². The molecule has 0 fully saturated rings. The lowest BCUT2D eigenvalue weighted by Gasteiger charge is -2.26. The quantitative estimate of drug-likeness (QED) is 0.845. The van der Waals surface area contributed by atoms with E-state index in [2.05, 4.69) is 15.6 Å². The second-order valence-corrected chi connectivity index (χ2v) is 6.05. The predicted molar refractivity (Wildman–Crippen MR) is 72.5 cm³/mol. The fourth-order valence-electron chi connectivity index (χ4n) is 1.39. The lowest BCUT2D eigenvalue weighted by molar-refractivity contribution is -0.125. The Balaban J connectivity index is 2.81. The number of carbonyl (C=O) groups excluding carboxylic acids is 1. The molecule has 0 bridgehead atoms. The molecule has 0 aromatic carbocycles. The molecule has 1 aromatic rings. The third-order valence-corrected chi connectivity index (χ3v) is 3.26. The molecule has 0 saturated carbocycles. The summed E-state index contributed by atoms with van der Waals surface area (Å²) in [4.78, 5) is 12.1. The van der Waals surface area contributed by atoms with Crippen molar-refractivity contribution in [3.05, 3.63) is 11.9 Å². The van der Waals surface area contributed by atoms with E-state index in [-0.39, 0.29) is 11.4 Å². The zero-order valence-corrected chi connectivity index (χ0v) is 12.6. The summed E-state index contributed by atoms with van der Waals surface area (Å²) in [6, 6.07) is -0.463. The van der Waals surface area contributed by atoms with Crippen molar-refractivity contribution in [1.29, 1.82) is 0 Å². The van der Waals surface area contributed by atoms with Crippen molar-refractivity contribution in [3.63, 3.8) is 0 Å². The van der Waals surface area contributed by atoms with E-state index < -0.39 is 11.6 Å². The van der Waals surface area contributed by atoms with Crippen molar-refractivity contribution in [2.45, 2.75) is 65.1 Å². The zero-order chi connectivity index (χ0) is 14.8. The van der Waals surface area contributed by atoms with Gasteiger partial charge in [0.15, 0.2) is 0 Å². The van der Waals surface area contributed by atoms with Crippen LogP contribution in [0.4, 0.5) is 0 Å². The van der Waals surface area contributed by atoms with Gasteiger partial charge in [0.05, 0.1) is 6.20 Å². The number of hydrogen-bond acceptors (Lipinski definition) is 4. The van der Waals surface area contributed by atoms with Crippen LogP contribution < -0.4 is 5.32 Å². The highest BCUT2D eigenvalue weighted by Crippen LogP contribution is 2.18. The van der Waals surface area contributed by atoms with Gasteiger partial charge in [-0.05, 0) is 41.0 Å². The summed E-state index contributed by atoms with van der Waals surface area (Å²) in [5.41, 5.74) is -0.857.